The third kappa shape index (κ3) is 3.23. The summed E-state index contributed by atoms with van der Waals surface area (Å²) in [5.74, 6) is 3.84. The molecule has 0 spiro atoms. The van der Waals surface area contributed by atoms with Gasteiger partial charge in [0.1, 0.15) is 5.82 Å². The number of benzene rings is 1. The lowest BCUT2D eigenvalue weighted by Crippen LogP contribution is -2.46. The van der Waals surface area contributed by atoms with Crippen LogP contribution in [0.15, 0.2) is 18.2 Å². The summed E-state index contributed by atoms with van der Waals surface area (Å²) in [7, 11) is 0. The number of aryl methyl sites for hydroxylation is 1. The van der Waals surface area contributed by atoms with E-state index in [1.165, 1.54) is 12.0 Å². The van der Waals surface area contributed by atoms with E-state index in [1.54, 1.807) is 0 Å². The number of ether oxygens (including phenoxy) is 2. The third-order valence-electron chi connectivity index (χ3n) is 6.20. The minimum atomic E-state index is 0.0341. The predicted molar refractivity (Wildman–Crippen MR) is 102 cm³/mol. The maximum Gasteiger partial charge on any atom is 0.231 e. The fourth-order valence-electron chi connectivity index (χ4n) is 4.68. The fourth-order valence-corrected chi connectivity index (χ4v) is 4.68. The van der Waals surface area contributed by atoms with E-state index in [-0.39, 0.29) is 11.3 Å². The molecule has 0 radical (unpaired) electrons. The molecule has 148 valence electrons. The van der Waals surface area contributed by atoms with Crippen molar-refractivity contribution in [2.45, 2.75) is 58.5 Å². The van der Waals surface area contributed by atoms with Gasteiger partial charge in [0.05, 0.1) is 6.54 Å². The van der Waals surface area contributed by atoms with E-state index in [9.17, 15) is 4.79 Å². The maximum atomic E-state index is 12.6. The van der Waals surface area contributed by atoms with Crippen molar-refractivity contribution in [2.75, 3.05) is 13.3 Å². The third-order valence-corrected chi connectivity index (χ3v) is 6.20. The summed E-state index contributed by atoms with van der Waals surface area (Å²) in [6.07, 6.45) is 5.72. The fraction of sp³-hybridized carbons (Fsp3) is 0.571. The number of likely N-dealkylation sites (tertiary alicyclic amines) is 1. The lowest BCUT2D eigenvalue weighted by atomic mass is 9.76. The summed E-state index contributed by atoms with van der Waals surface area (Å²) in [5.41, 5.74) is 1.26. The Labute approximate surface area is 164 Å². The molecule has 5 rings (SSSR count). The van der Waals surface area contributed by atoms with Crippen molar-refractivity contribution >= 4 is 5.91 Å². The summed E-state index contributed by atoms with van der Waals surface area (Å²) in [5, 5.41) is 8.72. The molecule has 0 unspecified atom stereocenters. The highest BCUT2D eigenvalue weighted by atomic mass is 16.7. The van der Waals surface area contributed by atoms with Crippen LogP contribution in [0.4, 0.5) is 0 Å². The Hall–Kier alpha value is -2.57. The van der Waals surface area contributed by atoms with Crippen molar-refractivity contribution in [2.24, 2.45) is 5.41 Å². The van der Waals surface area contributed by atoms with Gasteiger partial charge in [-0.1, -0.05) is 13.0 Å². The molecule has 0 N–H and O–H groups in total. The van der Waals surface area contributed by atoms with Crippen molar-refractivity contribution in [3.8, 4) is 11.5 Å². The Balaban J connectivity index is 1.31. The molecule has 1 fully saturated rings. The second-order valence-electron chi connectivity index (χ2n) is 8.57. The van der Waals surface area contributed by atoms with Crippen molar-refractivity contribution in [3.05, 3.63) is 35.4 Å². The average Bonchev–Trinajstić information content (AvgIpc) is 3.32. The second-order valence-corrected chi connectivity index (χ2v) is 8.57. The van der Waals surface area contributed by atoms with E-state index in [1.807, 2.05) is 11.0 Å². The van der Waals surface area contributed by atoms with E-state index < -0.39 is 0 Å². The SMILES string of the molecule is C[C@]1(Cc2ccc3c(c2)OCO3)CCC(=O)N(Cc2nnc3n2CCCC3)C1. The molecule has 1 saturated heterocycles. The summed E-state index contributed by atoms with van der Waals surface area (Å²) in [6, 6.07) is 6.16. The van der Waals surface area contributed by atoms with Crippen LogP contribution in [0, 0.1) is 5.41 Å². The van der Waals surface area contributed by atoms with Crippen molar-refractivity contribution < 1.29 is 14.3 Å². The Kier molecular flexibility index (Phi) is 4.25. The highest BCUT2D eigenvalue weighted by Gasteiger charge is 2.36. The standard InChI is InChI=1S/C21H26N4O3/c1-21(11-15-5-6-16-17(10-15)28-14-27-16)8-7-20(26)24(13-21)12-19-23-22-18-4-2-3-9-25(18)19/h5-6,10H,2-4,7-9,11-14H2,1H3/t21-/m1/s1. The molecule has 3 aliphatic rings. The predicted octanol–water partition coefficient (Wildman–Crippen LogP) is 2.71. The van der Waals surface area contributed by atoms with Crippen LogP contribution >= 0.6 is 0 Å². The van der Waals surface area contributed by atoms with Crippen molar-refractivity contribution in [3.63, 3.8) is 0 Å². The summed E-state index contributed by atoms with van der Waals surface area (Å²) >= 11 is 0. The van der Waals surface area contributed by atoms with E-state index >= 15 is 0 Å². The van der Waals surface area contributed by atoms with Gasteiger partial charge in [-0.05, 0) is 48.8 Å². The van der Waals surface area contributed by atoms with Crippen LogP contribution in [0.25, 0.3) is 0 Å². The first-order valence-corrected chi connectivity index (χ1v) is 10.2. The van der Waals surface area contributed by atoms with Crippen LogP contribution in [0.3, 0.4) is 0 Å². The molecule has 28 heavy (non-hydrogen) atoms. The molecule has 7 heteroatoms. The first kappa shape index (κ1) is 17.5. The number of fused-ring (bicyclic) bond motifs is 2. The molecule has 0 bridgehead atoms. The minimum Gasteiger partial charge on any atom is -0.454 e. The van der Waals surface area contributed by atoms with Gasteiger partial charge < -0.3 is 18.9 Å². The molecule has 1 aromatic heterocycles. The highest BCUT2D eigenvalue weighted by molar-refractivity contribution is 5.77. The molecule has 1 amide bonds. The molecule has 0 saturated carbocycles. The van der Waals surface area contributed by atoms with Crippen LogP contribution in [0.2, 0.25) is 0 Å². The van der Waals surface area contributed by atoms with Gasteiger partial charge in [-0.15, -0.1) is 10.2 Å². The highest BCUT2D eigenvalue weighted by Crippen LogP contribution is 2.38. The Bertz CT molecular complexity index is 909. The number of rotatable bonds is 4. The van der Waals surface area contributed by atoms with E-state index in [0.717, 1.165) is 61.9 Å². The van der Waals surface area contributed by atoms with Gasteiger partial charge in [0, 0.05) is 25.9 Å². The Morgan fingerprint density at radius 1 is 1.14 bits per heavy atom. The van der Waals surface area contributed by atoms with Gasteiger partial charge in [-0.25, -0.2) is 0 Å². The number of hydrogen-bond acceptors (Lipinski definition) is 5. The molecular formula is C21H26N4O3. The largest absolute Gasteiger partial charge is 0.454 e. The summed E-state index contributed by atoms with van der Waals surface area (Å²) in [6.45, 7) is 4.83. The first-order valence-electron chi connectivity index (χ1n) is 10.2. The second kappa shape index (κ2) is 6.79. The zero-order chi connectivity index (χ0) is 19.1. The van der Waals surface area contributed by atoms with Crippen molar-refractivity contribution in [1.29, 1.82) is 0 Å². The monoisotopic (exact) mass is 382 g/mol. The van der Waals surface area contributed by atoms with Gasteiger partial charge >= 0.3 is 0 Å². The molecule has 2 aromatic rings. The number of carbonyl (C=O) groups is 1. The van der Waals surface area contributed by atoms with E-state index in [0.29, 0.717) is 19.8 Å². The zero-order valence-electron chi connectivity index (χ0n) is 16.3. The van der Waals surface area contributed by atoms with Gasteiger partial charge in [0.25, 0.3) is 0 Å². The molecule has 3 aliphatic heterocycles. The molecule has 7 nitrogen and oxygen atoms in total. The van der Waals surface area contributed by atoms with Crippen molar-refractivity contribution in [1.82, 2.24) is 19.7 Å². The maximum absolute atomic E-state index is 12.6. The summed E-state index contributed by atoms with van der Waals surface area (Å²) < 4.78 is 13.1. The number of piperidine rings is 1. The Morgan fingerprint density at radius 2 is 2.04 bits per heavy atom. The number of carbonyl (C=O) groups excluding carboxylic acids is 1. The number of hydrogen-bond donors (Lipinski definition) is 0. The van der Waals surface area contributed by atoms with Gasteiger partial charge in [-0.2, -0.15) is 0 Å². The molecule has 1 aromatic carbocycles. The summed E-state index contributed by atoms with van der Waals surface area (Å²) in [4.78, 5) is 14.6. The molecule has 0 aliphatic carbocycles. The average molecular weight is 382 g/mol. The van der Waals surface area contributed by atoms with Crippen LogP contribution in [-0.2, 0) is 30.7 Å². The van der Waals surface area contributed by atoms with Gasteiger partial charge in [0.15, 0.2) is 17.3 Å². The number of nitrogens with zero attached hydrogens (tertiary/aromatic N) is 4. The quantitative estimate of drug-likeness (QED) is 0.813. The van der Waals surface area contributed by atoms with Crippen LogP contribution < -0.4 is 9.47 Å². The van der Waals surface area contributed by atoms with Crippen LogP contribution in [0.5, 0.6) is 11.5 Å². The van der Waals surface area contributed by atoms with E-state index in [2.05, 4.69) is 33.8 Å². The molecule has 4 heterocycles. The Morgan fingerprint density at radius 3 is 2.96 bits per heavy atom. The normalized spacial score (nSPS) is 23.8. The lowest BCUT2D eigenvalue weighted by Gasteiger charge is -2.40. The van der Waals surface area contributed by atoms with Gasteiger partial charge in [0.2, 0.25) is 12.7 Å². The lowest BCUT2D eigenvalue weighted by molar-refractivity contribution is -0.138. The smallest absolute Gasteiger partial charge is 0.231 e. The van der Waals surface area contributed by atoms with E-state index in [4.69, 9.17) is 9.47 Å². The van der Waals surface area contributed by atoms with Crippen LogP contribution in [0.1, 0.15) is 49.8 Å². The molecular weight excluding hydrogens is 356 g/mol. The topological polar surface area (TPSA) is 69.5 Å². The number of aromatic nitrogens is 3. The minimum absolute atomic E-state index is 0.0341. The van der Waals surface area contributed by atoms with Gasteiger partial charge in [-0.3, -0.25) is 4.79 Å². The number of amides is 1. The molecule has 1 atom stereocenters. The first-order chi connectivity index (χ1) is 13.6. The van der Waals surface area contributed by atoms with Crippen LogP contribution in [-0.4, -0.2) is 38.9 Å². The zero-order valence-corrected chi connectivity index (χ0v) is 16.3.